The number of hydrogen-bond donors (Lipinski definition) is 0. The van der Waals surface area contributed by atoms with Crippen LogP contribution in [0.25, 0.3) is 0 Å². The fraction of sp³-hybridized carbons (Fsp3) is 0.857. The highest BCUT2D eigenvalue weighted by molar-refractivity contribution is 5.76. The van der Waals surface area contributed by atoms with Gasteiger partial charge in [-0.3, -0.25) is 4.79 Å². The third kappa shape index (κ3) is 0.533. The molecule has 9 heavy (non-hydrogen) atoms. The zero-order valence-corrected chi connectivity index (χ0v) is 5.46. The predicted octanol–water partition coefficient (Wildman–Crippen LogP) is 0.958. The lowest BCUT2D eigenvalue weighted by Crippen LogP contribution is -2.28. The van der Waals surface area contributed by atoms with Crippen molar-refractivity contribution in [3.63, 3.8) is 0 Å². The maximum Gasteiger partial charge on any atom is 0.309 e. The first kappa shape index (κ1) is 5.27. The van der Waals surface area contributed by atoms with Gasteiger partial charge in [-0.1, -0.05) is 0 Å². The van der Waals surface area contributed by atoms with Crippen molar-refractivity contribution in [3.05, 3.63) is 0 Å². The smallest absolute Gasteiger partial charge is 0.309 e. The zero-order chi connectivity index (χ0) is 6.43. The molecular formula is C7H10O2. The second-order valence-corrected chi connectivity index (χ2v) is 2.99. The van der Waals surface area contributed by atoms with Crippen LogP contribution in [0.4, 0.5) is 0 Å². The van der Waals surface area contributed by atoms with E-state index in [1.54, 1.807) is 0 Å². The highest BCUT2D eigenvalue weighted by atomic mass is 16.6. The first-order chi connectivity index (χ1) is 4.29. The number of carbonyl (C=O) groups excluding carboxylic acids is 1. The second-order valence-electron chi connectivity index (χ2n) is 2.99. The van der Waals surface area contributed by atoms with E-state index in [0.29, 0.717) is 5.92 Å². The predicted molar refractivity (Wildman–Crippen MR) is 31.8 cm³/mol. The Morgan fingerprint density at radius 1 is 1.56 bits per heavy atom. The highest BCUT2D eigenvalue weighted by Gasteiger charge is 2.48. The Morgan fingerprint density at radius 3 is 2.56 bits per heavy atom. The number of fused-ring (bicyclic) bond motifs is 1. The van der Waals surface area contributed by atoms with Gasteiger partial charge >= 0.3 is 5.97 Å². The molecule has 3 atom stereocenters. The summed E-state index contributed by atoms with van der Waals surface area (Å²) >= 11 is 0. The summed E-state index contributed by atoms with van der Waals surface area (Å²) in [6.07, 6.45) is 2.46. The van der Waals surface area contributed by atoms with E-state index in [4.69, 9.17) is 4.74 Å². The van der Waals surface area contributed by atoms with Gasteiger partial charge in [-0.2, -0.15) is 0 Å². The molecule has 2 aliphatic rings. The van der Waals surface area contributed by atoms with Crippen molar-refractivity contribution >= 4 is 5.97 Å². The maximum absolute atomic E-state index is 10.8. The van der Waals surface area contributed by atoms with Crippen molar-refractivity contribution in [1.82, 2.24) is 0 Å². The van der Waals surface area contributed by atoms with Crippen LogP contribution in [0, 0.1) is 11.8 Å². The van der Waals surface area contributed by atoms with Crippen LogP contribution in [0.2, 0.25) is 0 Å². The van der Waals surface area contributed by atoms with E-state index >= 15 is 0 Å². The molecule has 1 aliphatic carbocycles. The first-order valence-electron chi connectivity index (χ1n) is 3.49. The summed E-state index contributed by atoms with van der Waals surface area (Å²) in [6.45, 7) is 1.99. The summed E-state index contributed by atoms with van der Waals surface area (Å²) in [6, 6.07) is 0. The molecule has 0 N–H and O–H groups in total. The van der Waals surface area contributed by atoms with Gasteiger partial charge < -0.3 is 4.74 Å². The third-order valence-electron chi connectivity index (χ3n) is 2.54. The third-order valence-corrected chi connectivity index (χ3v) is 2.54. The molecule has 1 saturated heterocycles. The van der Waals surface area contributed by atoms with Crippen LogP contribution in [-0.4, -0.2) is 12.1 Å². The summed E-state index contributed by atoms with van der Waals surface area (Å²) < 4.78 is 5.01. The molecule has 1 heterocycles. The van der Waals surface area contributed by atoms with E-state index in [0.717, 1.165) is 6.42 Å². The minimum absolute atomic E-state index is 0.0405. The van der Waals surface area contributed by atoms with E-state index in [1.807, 2.05) is 6.92 Å². The summed E-state index contributed by atoms with van der Waals surface area (Å²) in [5, 5.41) is 0. The van der Waals surface area contributed by atoms with Crippen LogP contribution < -0.4 is 0 Å². The number of carbonyl (C=O) groups is 1. The topological polar surface area (TPSA) is 26.3 Å². The first-order valence-corrected chi connectivity index (χ1v) is 3.49. The van der Waals surface area contributed by atoms with Crippen molar-refractivity contribution in [2.75, 3.05) is 0 Å². The quantitative estimate of drug-likeness (QED) is 0.452. The summed E-state index contributed by atoms with van der Waals surface area (Å²) in [4.78, 5) is 10.8. The highest BCUT2D eigenvalue weighted by Crippen LogP contribution is 2.43. The Morgan fingerprint density at radius 2 is 2.33 bits per heavy atom. The molecule has 2 fully saturated rings. The van der Waals surface area contributed by atoms with Crippen molar-refractivity contribution in [2.24, 2.45) is 11.8 Å². The Kier molecular flexibility index (Phi) is 0.875. The zero-order valence-electron chi connectivity index (χ0n) is 5.46. The van der Waals surface area contributed by atoms with E-state index < -0.39 is 0 Å². The van der Waals surface area contributed by atoms with Crippen LogP contribution in [0.5, 0.6) is 0 Å². The standard InChI is InChI=1S/C7H10O2/c1-4-5-2-3-6(5)7(8)9-4/h4-6H,2-3H2,1H3/t4-,5-,6-/m1/s1. The molecule has 0 aromatic rings. The number of hydrogen-bond acceptors (Lipinski definition) is 2. The largest absolute Gasteiger partial charge is 0.462 e. The summed E-state index contributed by atoms with van der Waals surface area (Å²) in [5.41, 5.74) is 0. The molecule has 0 radical (unpaired) electrons. The van der Waals surface area contributed by atoms with Gasteiger partial charge in [-0.15, -0.1) is 0 Å². The van der Waals surface area contributed by atoms with Crippen molar-refractivity contribution in [1.29, 1.82) is 0 Å². The molecule has 50 valence electrons. The average molecular weight is 126 g/mol. The molecule has 0 amide bonds. The lowest BCUT2D eigenvalue weighted by atomic mass is 9.73. The molecular weight excluding hydrogens is 116 g/mol. The fourth-order valence-corrected chi connectivity index (χ4v) is 1.74. The fourth-order valence-electron chi connectivity index (χ4n) is 1.74. The Balaban J connectivity index is 2.17. The van der Waals surface area contributed by atoms with E-state index in [-0.39, 0.29) is 18.0 Å². The van der Waals surface area contributed by atoms with Crippen molar-refractivity contribution in [3.8, 4) is 0 Å². The molecule has 0 unspecified atom stereocenters. The number of rotatable bonds is 0. The summed E-state index contributed by atoms with van der Waals surface area (Å²) in [7, 11) is 0. The summed E-state index contributed by atoms with van der Waals surface area (Å²) in [5.74, 6) is 0.885. The van der Waals surface area contributed by atoms with Gasteiger partial charge in [0, 0.05) is 5.92 Å². The van der Waals surface area contributed by atoms with Crippen LogP contribution in [0.15, 0.2) is 0 Å². The van der Waals surface area contributed by atoms with E-state index in [9.17, 15) is 4.79 Å². The molecule has 0 spiro atoms. The molecule has 2 nitrogen and oxygen atoms in total. The lowest BCUT2D eigenvalue weighted by molar-refractivity contribution is -0.144. The molecule has 0 bridgehead atoms. The number of esters is 1. The van der Waals surface area contributed by atoms with Gasteiger partial charge in [0.15, 0.2) is 0 Å². The average Bonchev–Trinajstić information content (AvgIpc) is 1.73. The number of ether oxygens (including phenoxy) is 1. The monoisotopic (exact) mass is 126 g/mol. The minimum atomic E-state index is 0.0405. The SMILES string of the molecule is C[C@H]1OC(=O)[C@@H]2CC[C@H]12. The van der Waals surface area contributed by atoms with Gasteiger partial charge in [0.25, 0.3) is 0 Å². The van der Waals surface area contributed by atoms with Crippen LogP contribution >= 0.6 is 0 Å². The maximum atomic E-state index is 10.8. The molecule has 2 heteroatoms. The molecule has 1 saturated carbocycles. The van der Waals surface area contributed by atoms with Crippen molar-refractivity contribution < 1.29 is 9.53 Å². The van der Waals surface area contributed by atoms with Gasteiger partial charge in [-0.25, -0.2) is 0 Å². The number of cyclic esters (lactones) is 1. The molecule has 2 rings (SSSR count). The Hall–Kier alpha value is -0.530. The van der Waals surface area contributed by atoms with Gasteiger partial charge in [0.1, 0.15) is 6.10 Å². The van der Waals surface area contributed by atoms with Crippen LogP contribution in [-0.2, 0) is 9.53 Å². The van der Waals surface area contributed by atoms with Crippen molar-refractivity contribution in [2.45, 2.75) is 25.9 Å². The lowest BCUT2D eigenvalue weighted by Gasteiger charge is -2.27. The molecule has 0 aromatic heterocycles. The van der Waals surface area contributed by atoms with Gasteiger partial charge in [0.05, 0.1) is 5.92 Å². The van der Waals surface area contributed by atoms with Crippen LogP contribution in [0.3, 0.4) is 0 Å². The van der Waals surface area contributed by atoms with Gasteiger partial charge in [-0.05, 0) is 19.8 Å². The second kappa shape index (κ2) is 1.49. The Labute approximate surface area is 54.2 Å². The van der Waals surface area contributed by atoms with Crippen LogP contribution in [0.1, 0.15) is 19.8 Å². The minimum Gasteiger partial charge on any atom is -0.462 e. The normalized spacial score (nSPS) is 47.7. The van der Waals surface area contributed by atoms with E-state index in [2.05, 4.69) is 0 Å². The molecule has 0 aromatic carbocycles. The molecule has 1 aliphatic heterocycles. The Bertz CT molecular complexity index is 153. The van der Waals surface area contributed by atoms with E-state index in [1.165, 1.54) is 6.42 Å². The van der Waals surface area contributed by atoms with Gasteiger partial charge in [0.2, 0.25) is 0 Å².